The summed E-state index contributed by atoms with van der Waals surface area (Å²) in [6, 6.07) is 6.71. The maximum absolute atomic E-state index is 12.3. The van der Waals surface area contributed by atoms with Gasteiger partial charge in [0.2, 0.25) is 0 Å². The maximum Gasteiger partial charge on any atom is 0.266 e. The molecule has 2 rings (SSSR count). The number of hydrogen-bond acceptors (Lipinski definition) is 4. The molecule has 1 aromatic heterocycles. The van der Waals surface area contributed by atoms with E-state index in [0.29, 0.717) is 11.4 Å². The van der Waals surface area contributed by atoms with Gasteiger partial charge in [-0.1, -0.05) is 15.9 Å². The Balaban J connectivity index is 2.37. The third kappa shape index (κ3) is 3.43. The van der Waals surface area contributed by atoms with E-state index in [4.69, 9.17) is 10.2 Å². The average molecular weight is 424 g/mol. The quantitative estimate of drug-likeness (QED) is 0.789. The van der Waals surface area contributed by atoms with E-state index >= 15 is 0 Å². The van der Waals surface area contributed by atoms with E-state index < -0.39 is 10.0 Å². The predicted molar refractivity (Wildman–Crippen MR) is 84.0 cm³/mol. The Morgan fingerprint density at radius 3 is 2.50 bits per heavy atom. The molecule has 0 amide bonds. The second kappa shape index (κ2) is 5.88. The highest BCUT2D eigenvalue weighted by molar-refractivity contribution is 9.10. The van der Waals surface area contributed by atoms with Crippen molar-refractivity contribution < 1.29 is 12.8 Å². The van der Waals surface area contributed by atoms with Crippen molar-refractivity contribution in [2.45, 2.75) is 18.4 Å². The van der Waals surface area contributed by atoms with Crippen molar-refractivity contribution in [2.24, 2.45) is 5.73 Å². The Morgan fingerprint density at radius 1 is 1.25 bits per heavy atom. The molecular weight excluding hydrogens is 412 g/mol. The number of rotatable bonds is 4. The number of furan rings is 1. The molecule has 2 aromatic rings. The van der Waals surface area contributed by atoms with Crippen LogP contribution in [0.2, 0.25) is 0 Å². The standard InChI is InChI=1S/C12H12Br2N2O3S/c1-7-2-8(13)4-9(3-7)16-20(17,18)11-5-10(6-15)19-12(11)14/h2-5,16H,6,15H2,1H3. The molecule has 0 aliphatic heterocycles. The SMILES string of the molecule is Cc1cc(Br)cc(NS(=O)(=O)c2cc(CN)oc2Br)c1. The topological polar surface area (TPSA) is 85.3 Å². The molecule has 0 saturated heterocycles. The Kier molecular flexibility index (Phi) is 4.58. The number of aryl methyl sites for hydroxylation is 1. The molecule has 20 heavy (non-hydrogen) atoms. The van der Waals surface area contributed by atoms with E-state index in [1.807, 2.05) is 13.0 Å². The number of benzene rings is 1. The summed E-state index contributed by atoms with van der Waals surface area (Å²) in [5, 5.41) is 0. The molecule has 8 heteroatoms. The van der Waals surface area contributed by atoms with Gasteiger partial charge in [-0.25, -0.2) is 8.42 Å². The summed E-state index contributed by atoms with van der Waals surface area (Å²) in [7, 11) is -3.73. The summed E-state index contributed by atoms with van der Waals surface area (Å²) in [6.45, 7) is 2.01. The fourth-order valence-corrected chi connectivity index (χ4v) is 4.33. The van der Waals surface area contributed by atoms with E-state index in [-0.39, 0.29) is 16.1 Å². The number of sulfonamides is 1. The van der Waals surface area contributed by atoms with Crippen LogP contribution < -0.4 is 10.5 Å². The third-order valence-corrected chi connectivity index (χ3v) is 5.19. The molecule has 0 saturated carbocycles. The number of nitrogens with two attached hydrogens (primary N) is 1. The highest BCUT2D eigenvalue weighted by atomic mass is 79.9. The molecule has 0 unspecified atom stereocenters. The molecule has 0 aliphatic carbocycles. The van der Waals surface area contributed by atoms with Gasteiger partial charge in [0.05, 0.1) is 12.2 Å². The summed E-state index contributed by atoms with van der Waals surface area (Å²) in [5.41, 5.74) is 6.84. The predicted octanol–water partition coefficient (Wildman–Crippen LogP) is 3.37. The van der Waals surface area contributed by atoms with Crippen molar-refractivity contribution in [3.8, 4) is 0 Å². The van der Waals surface area contributed by atoms with Crippen LogP contribution in [0.4, 0.5) is 5.69 Å². The summed E-state index contributed by atoms with van der Waals surface area (Å²) >= 11 is 6.41. The monoisotopic (exact) mass is 422 g/mol. The van der Waals surface area contributed by atoms with Crippen molar-refractivity contribution in [3.63, 3.8) is 0 Å². The molecule has 1 aromatic carbocycles. The van der Waals surface area contributed by atoms with Crippen molar-refractivity contribution in [2.75, 3.05) is 4.72 Å². The van der Waals surface area contributed by atoms with Crippen molar-refractivity contribution in [1.29, 1.82) is 0 Å². The zero-order valence-electron chi connectivity index (χ0n) is 10.5. The lowest BCUT2D eigenvalue weighted by molar-refractivity contribution is 0.484. The third-order valence-electron chi connectivity index (χ3n) is 2.49. The van der Waals surface area contributed by atoms with Gasteiger partial charge < -0.3 is 10.2 Å². The summed E-state index contributed by atoms with van der Waals surface area (Å²) in [5.74, 6) is 0.391. The molecule has 3 N–H and O–H groups in total. The first kappa shape index (κ1) is 15.6. The van der Waals surface area contributed by atoms with Gasteiger partial charge in [0.25, 0.3) is 10.0 Å². The van der Waals surface area contributed by atoms with Crippen LogP contribution >= 0.6 is 31.9 Å². The zero-order valence-corrected chi connectivity index (χ0v) is 14.5. The minimum atomic E-state index is -3.73. The second-order valence-corrected chi connectivity index (χ2v) is 7.46. The zero-order chi connectivity index (χ0) is 14.9. The van der Waals surface area contributed by atoms with Crippen molar-refractivity contribution >= 4 is 47.6 Å². The van der Waals surface area contributed by atoms with Gasteiger partial charge in [-0.2, -0.15) is 0 Å². The molecule has 5 nitrogen and oxygen atoms in total. The van der Waals surface area contributed by atoms with Gasteiger partial charge in [-0.3, -0.25) is 4.72 Å². The number of halogens is 2. The lowest BCUT2D eigenvalue weighted by Gasteiger charge is -2.08. The lowest BCUT2D eigenvalue weighted by Crippen LogP contribution is -2.12. The average Bonchev–Trinajstić information content (AvgIpc) is 2.69. The van der Waals surface area contributed by atoms with Gasteiger partial charge in [0, 0.05) is 10.5 Å². The highest BCUT2D eigenvalue weighted by Crippen LogP contribution is 2.28. The molecule has 108 valence electrons. The van der Waals surface area contributed by atoms with Crippen LogP contribution in [0.3, 0.4) is 0 Å². The van der Waals surface area contributed by atoms with Crippen LogP contribution in [0.15, 0.2) is 42.7 Å². The first-order chi connectivity index (χ1) is 9.31. The molecular formula is C12H12Br2N2O3S. The first-order valence-corrected chi connectivity index (χ1v) is 8.67. The van der Waals surface area contributed by atoms with E-state index in [9.17, 15) is 8.42 Å². The molecule has 0 atom stereocenters. The van der Waals surface area contributed by atoms with Crippen LogP contribution in [0.5, 0.6) is 0 Å². The Morgan fingerprint density at radius 2 is 1.95 bits per heavy atom. The normalized spacial score (nSPS) is 11.6. The largest absolute Gasteiger partial charge is 0.452 e. The molecule has 0 fully saturated rings. The van der Waals surface area contributed by atoms with Gasteiger partial charge in [-0.05, 0) is 46.6 Å². The summed E-state index contributed by atoms with van der Waals surface area (Å²) < 4.78 is 33.3. The Hall–Kier alpha value is -0.830. The first-order valence-electron chi connectivity index (χ1n) is 5.60. The fraction of sp³-hybridized carbons (Fsp3) is 0.167. The van der Waals surface area contributed by atoms with Gasteiger partial charge in [-0.15, -0.1) is 0 Å². The van der Waals surface area contributed by atoms with Crippen LogP contribution in [0, 0.1) is 6.92 Å². The lowest BCUT2D eigenvalue weighted by atomic mass is 10.2. The Bertz CT molecular complexity index is 721. The van der Waals surface area contributed by atoms with Gasteiger partial charge >= 0.3 is 0 Å². The fourth-order valence-electron chi connectivity index (χ4n) is 1.69. The highest BCUT2D eigenvalue weighted by Gasteiger charge is 2.22. The minimum absolute atomic E-state index is 0.0237. The van der Waals surface area contributed by atoms with Gasteiger partial charge in [0.15, 0.2) is 4.67 Å². The molecule has 0 spiro atoms. The molecule has 0 aliphatic rings. The van der Waals surface area contributed by atoms with E-state index in [2.05, 4.69) is 36.6 Å². The van der Waals surface area contributed by atoms with E-state index in [0.717, 1.165) is 10.0 Å². The molecule has 0 bridgehead atoms. The smallest absolute Gasteiger partial charge is 0.266 e. The molecule has 1 heterocycles. The van der Waals surface area contributed by atoms with Crippen molar-refractivity contribution in [1.82, 2.24) is 0 Å². The van der Waals surface area contributed by atoms with Gasteiger partial charge in [0.1, 0.15) is 10.7 Å². The second-order valence-electron chi connectivity index (χ2n) is 4.18. The van der Waals surface area contributed by atoms with Crippen LogP contribution in [-0.4, -0.2) is 8.42 Å². The number of anilines is 1. The Labute approximate surface area is 133 Å². The van der Waals surface area contributed by atoms with Crippen LogP contribution in [0.1, 0.15) is 11.3 Å². The van der Waals surface area contributed by atoms with E-state index in [1.54, 1.807) is 12.1 Å². The van der Waals surface area contributed by atoms with Crippen molar-refractivity contribution in [3.05, 3.63) is 44.7 Å². The summed E-state index contributed by atoms with van der Waals surface area (Å²) in [4.78, 5) is 0.0237. The van der Waals surface area contributed by atoms with Crippen LogP contribution in [-0.2, 0) is 16.6 Å². The number of hydrogen-bond donors (Lipinski definition) is 2. The summed E-state index contributed by atoms with van der Waals surface area (Å²) in [6.07, 6.45) is 0. The maximum atomic E-state index is 12.3. The number of nitrogens with one attached hydrogen (secondary N) is 1. The van der Waals surface area contributed by atoms with Crippen LogP contribution in [0.25, 0.3) is 0 Å². The molecule has 0 radical (unpaired) electrons. The van der Waals surface area contributed by atoms with E-state index in [1.165, 1.54) is 6.07 Å². The minimum Gasteiger partial charge on any atom is -0.452 e.